The summed E-state index contributed by atoms with van der Waals surface area (Å²) in [6.07, 6.45) is 6.52. The van der Waals surface area contributed by atoms with Crippen LogP contribution in [0.1, 0.15) is 12.8 Å². The molecule has 2 aliphatic rings. The number of anilines is 3. The Morgan fingerprint density at radius 1 is 1.29 bits per heavy atom. The summed E-state index contributed by atoms with van der Waals surface area (Å²) in [5, 5.41) is 6.74. The van der Waals surface area contributed by atoms with Crippen molar-refractivity contribution < 1.29 is 23.4 Å². The first-order valence-corrected chi connectivity index (χ1v) is 12.8. The molecule has 0 spiro atoms. The number of rotatable bonds is 10. The number of likely N-dealkylation sites (tertiary alicyclic amines) is 1. The smallest absolute Gasteiger partial charge is 0.248 e. The van der Waals surface area contributed by atoms with Crippen LogP contribution < -0.4 is 15.4 Å². The molecule has 3 heterocycles. The minimum atomic E-state index is -0.510. The van der Waals surface area contributed by atoms with Gasteiger partial charge < -0.3 is 24.8 Å². The van der Waals surface area contributed by atoms with E-state index < -0.39 is 5.82 Å². The molecule has 38 heavy (non-hydrogen) atoms. The largest absolute Gasteiger partial charge is 0.486 e. The normalized spacial score (nSPS) is 19.6. The highest BCUT2D eigenvalue weighted by Crippen LogP contribution is 2.35. The molecule has 2 saturated heterocycles. The van der Waals surface area contributed by atoms with E-state index in [4.69, 9.17) is 25.8 Å². The van der Waals surface area contributed by atoms with Crippen LogP contribution in [0, 0.1) is 5.82 Å². The highest BCUT2D eigenvalue weighted by atomic mass is 35.5. The Bertz CT molecular complexity index is 1330. The fraction of sp³-hybridized carbons (Fsp3) is 0.370. The van der Waals surface area contributed by atoms with Crippen LogP contribution in [0.3, 0.4) is 0 Å². The molecule has 5 rings (SSSR count). The van der Waals surface area contributed by atoms with Crippen molar-refractivity contribution in [1.82, 2.24) is 14.9 Å². The minimum Gasteiger partial charge on any atom is -0.486 e. The van der Waals surface area contributed by atoms with Crippen molar-refractivity contribution in [3.63, 3.8) is 0 Å². The number of carbonyl (C=O) groups excluding carboxylic acids is 1. The average molecular weight is 542 g/mol. The zero-order valence-electron chi connectivity index (χ0n) is 21.0. The molecule has 1 aromatic heterocycles. The second kappa shape index (κ2) is 12.0. The molecule has 1 unspecified atom stereocenters. The van der Waals surface area contributed by atoms with Gasteiger partial charge in [-0.05, 0) is 30.7 Å². The third-order valence-electron chi connectivity index (χ3n) is 6.59. The third kappa shape index (κ3) is 6.21. The molecule has 2 fully saturated rings. The number of aromatic nitrogens is 2. The van der Waals surface area contributed by atoms with Crippen molar-refractivity contribution in [3.05, 3.63) is 59.7 Å². The van der Waals surface area contributed by atoms with Gasteiger partial charge in [-0.25, -0.2) is 14.4 Å². The van der Waals surface area contributed by atoms with Gasteiger partial charge in [-0.2, -0.15) is 0 Å². The van der Waals surface area contributed by atoms with Crippen LogP contribution in [0.15, 0.2) is 48.8 Å². The summed E-state index contributed by atoms with van der Waals surface area (Å²) in [7, 11) is 1.70. The van der Waals surface area contributed by atoms with E-state index >= 15 is 0 Å². The van der Waals surface area contributed by atoms with E-state index in [0.29, 0.717) is 66.3 Å². The minimum absolute atomic E-state index is 0.00524. The summed E-state index contributed by atoms with van der Waals surface area (Å²) >= 11 is 5.94. The van der Waals surface area contributed by atoms with Gasteiger partial charge in [-0.3, -0.25) is 9.69 Å². The summed E-state index contributed by atoms with van der Waals surface area (Å²) in [5.41, 5.74) is 1.65. The molecule has 3 aromatic rings. The molecule has 200 valence electrons. The monoisotopic (exact) mass is 541 g/mol. The van der Waals surface area contributed by atoms with Gasteiger partial charge in [0, 0.05) is 55.9 Å². The van der Waals surface area contributed by atoms with E-state index in [2.05, 4.69) is 25.5 Å². The molecule has 2 atom stereocenters. The first kappa shape index (κ1) is 26.3. The predicted octanol–water partition coefficient (Wildman–Crippen LogP) is 4.55. The number of amides is 1. The fourth-order valence-electron chi connectivity index (χ4n) is 4.46. The summed E-state index contributed by atoms with van der Waals surface area (Å²) in [4.78, 5) is 23.9. The van der Waals surface area contributed by atoms with Gasteiger partial charge in [-0.15, -0.1) is 0 Å². The molecular weight excluding hydrogens is 513 g/mol. The SMILES string of the molecule is COCC1CCN1CC=CC(=O)Nc1cc2c(Nc3ccc(F)c(Cl)c3)ncnc2cc1O[C@H]1CCOC1. The number of halogens is 2. The van der Waals surface area contributed by atoms with Crippen molar-refractivity contribution in [2.24, 2.45) is 0 Å². The van der Waals surface area contributed by atoms with Gasteiger partial charge in [0.15, 0.2) is 0 Å². The number of nitrogens with zero attached hydrogens (tertiary/aromatic N) is 3. The lowest BCUT2D eigenvalue weighted by Gasteiger charge is -2.39. The second-order valence-electron chi connectivity index (χ2n) is 9.23. The van der Waals surface area contributed by atoms with Crippen LogP contribution >= 0.6 is 11.6 Å². The predicted molar refractivity (Wildman–Crippen MR) is 144 cm³/mol. The number of ether oxygens (including phenoxy) is 3. The lowest BCUT2D eigenvalue weighted by molar-refractivity contribution is -0.112. The van der Waals surface area contributed by atoms with Crippen LogP contribution in [0.2, 0.25) is 5.02 Å². The lowest BCUT2D eigenvalue weighted by atomic mass is 10.0. The average Bonchev–Trinajstić information content (AvgIpc) is 3.40. The van der Waals surface area contributed by atoms with Crippen molar-refractivity contribution in [2.45, 2.75) is 25.0 Å². The maximum absolute atomic E-state index is 13.6. The van der Waals surface area contributed by atoms with Crippen molar-refractivity contribution in [3.8, 4) is 5.75 Å². The van der Waals surface area contributed by atoms with Gasteiger partial charge in [0.2, 0.25) is 5.91 Å². The highest BCUT2D eigenvalue weighted by Gasteiger charge is 2.26. The number of hydrogen-bond acceptors (Lipinski definition) is 8. The van der Waals surface area contributed by atoms with Crippen LogP contribution in [0.4, 0.5) is 21.6 Å². The number of hydrogen-bond donors (Lipinski definition) is 2. The zero-order valence-corrected chi connectivity index (χ0v) is 21.7. The maximum atomic E-state index is 13.6. The van der Waals surface area contributed by atoms with E-state index in [9.17, 15) is 9.18 Å². The molecule has 2 aliphatic heterocycles. The molecule has 1 amide bonds. The van der Waals surface area contributed by atoms with Crippen LogP contribution in [-0.2, 0) is 14.3 Å². The molecule has 0 saturated carbocycles. The molecule has 11 heteroatoms. The second-order valence-corrected chi connectivity index (χ2v) is 9.64. The first-order chi connectivity index (χ1) is 18.5. The van der Waals surface area contributed by atoms with Crippen LogP contribution in [-0.4, -0.2) is 72.9 Å². The number of benzene rings is 2. The Kier molecular flexibility index (Phi) is 8.33. The van der Waals surface area contributed by atoms with E-state index in [1.165, 1.54) is 24.5 Å². The first-order valence-electron chi connectivity index (χ1n) is 12.5. The van der Waals surface area contributed by atoms with Gasteiger partial charge in [0.05, 0.1) is 36.0 Å². The lowest BCUT2D eigenvalue weighted by Crippen LogP contribution is -2.50. The summed E-state index contributed by atoms with van der Waals surface area (Å²) in [5.74, 6) is 0.176. The van der Waals surface area contributed by atoms with E-state index in [0.717, 1.165) is 19.4 Å². The number of methoxy groups -OCH3 is 1. The van der Waals surface area contributed by atoms with Crippen molar-refractivity contribution in [1.29, 1.82) is 0 Å². The summed E-state index contributed by atoms with van der Waals surface area (Å²) in [6, 6.07) is 8.25. The Morgan fingerprint density at radius 2 is 2.18 bits per heavy atom. The van der Waals surface area contributed by atoms with E-state index in [1.807, 2.05) is 6.08 Å². The number of nitrogens with one attached hydrogen (secondary N) is 2. The zero-order chi connectivity index (χ0) is 26.5. The topological polar surface area (TPSA) is 97.8 Å². The standard InChI is InChI=1S/C27H29ClFN5O4/c1-36-14-18-6-9-34(18)8-2-3-26(35)33-24-12-20-23(13-25(24)38-19-7-10-37-15-19)30-16-31-27(20)32-17-4-5-22(29)21(28)11-17/h2-5,11-13,16,18-19H,6-10,14-15H2,1H3,(H,33,35)(H,30,31,32)/t18?,19-/m0/s1. The third-order valence-corrected chi connectivity index (χ3v) is 6.88. The molecular formula is C27H29ClFN5O4. The van der Waals surface area contributed by atoms with Crippen LogP contribution in [0.5, 0.6) is 5.75 Å². The molecule has 0 radical (unpaired) electrons. The van der Waals surface area contributed by atoms with Crippen LogP contribution in [0.25, 0.3) is 10.9 Å². The van der Waals surface area contributed by atoms with Crippen molar-refractivity contribution >= 4 is 45.6 Å². The number of carbonyl (C=O) groups is 1. The Hall–Kier alpha value is -3.31. The van der Waals surface area contributed by atoms with E-state index in [-0.39, 0.29) is 17.0 Å². The quantitative estimate of drug-likeness (QED) is 0.361. The van der Waals surface area contributed by atoms with Gasteiger partial charge >= 0.3 is 0 Å². The Balaban J connectivity index is 1.39. The van der Waals surface area contributed by atoms with Gasteiger partial charge in [-0.1, -0.05) is 17.7 Å². The molecule has 9 nitrogen and oxygen atoms in total. The Morgan fingerprint density at radius 3 is 2.92 bits per heavy atom. The molecule has 2 aromatic carbocycles. The highest BCUT2D eigenvalue weighted by molar-refractivity contribution is 6.31. The fourth-order valence-corrected chi connectivity index (χ4v) is 4.64. The van der Waals surface area contributed by atoms with Gasteiger partial charge in [0.1, 0.15) is 29.8 Å². The van der Waals surface area contributed by atoms with Gasteiger partial charge in [0.25, 0.3) is 0 Å². The Labute approximate surface area is 224 Å². The summed E-state index contributed by atoms with van der Waals surface area (Å²) < 4.78 is 30.5. The maximum Gasteiger partial charge on any atom is 0.248 e. The van der Waals surface area contributed by atoms with E-state index in [1.54, 1.807) is 25.3 Å². The molecule has 2 N–H and O–H groups in total. The number of fused-ring (bicyclic) bond motifs is 1. The molecule has 0 bridgehead atoms. The summed E-state index contributed by atoms with van der Waals surface area (Å²) in [6.45, 7) is 3.45. The molecule has 0 aliphatic carbocycles. The van der Waals surface area contributed by atoms with Crippen molar-refractivity contribution in [2.75, 3.05) is 50.7 Å².